The molecule has 0 aliphatic carbocycles. The molecule has 7 heteroatoms. The van der Waals surface area contributed by atoms with Gasteiger partial charge >= 0.3 is 0 Å². The Morgan fingerprint density at radius 2 is 2.00 bits per heavy atom. The van der Waals surface area contributed by atoms with Crippen LogP contribution in [-0.4, -0.2) is 24.1 Å². The molecule has 0 aromatic carbocycles. The summed E-state index contributed by atoms with van der Waals surface area (Å²) in [6.45, 7) is 1.99. The predicted octanol–water partition coefficient (Wildman–Crippen LogP) is 3.61. The van der Waals surface area contributed by atoms with Gasteiger partial charge in [-0.2, -0.15) is 9.49 Å². The normalized spacial score (nSPS) is 11.3. The summed E-state index contributed by atoms with van der Waals surface area (Å²) in [5.74, 6) is -0.0908. The molecule has 0 amide bonds. The van der Waals surface area contributed by atoms with Gasteiger partial charge in [0.05, 0.1) is 16.4 Å². The van der Waals surface area contributed by atoms with Gasteiger partial charge in [0.2, 0.25) is 5.95 Å². The van der Waals surface area contributed by atoms with Crippen LogP contribution < -0.4 is 0 Å². The van der Waals surface area contributed by atoms with Crippen molar-refractivity contribution in [1.29, 1.82) is 0 Å². The number of halogens is 2. The van der Waals surface area contributed by atoms with E-state index < -0.39 is 5.95 Å². The summed E-state index contributed by atoms with van der Waals surface area (Å²) in [6.07, 6.45) is 4.07. The molecule has 0 fully saturated rings. The van der Waals surface area contributed by atoms with Gasteiger partial charge in [-0.15, -0.1) is 0 Å². The maximum absolute atomic E-state index is 13.4. The molecular formula is C17H13ClFN5. The first-order valence-electron chi connectivity index (χ1n) is 7.41. The van der Waals surface area contributed by atoms with Gasteiger partial charge in [-0.25, -0.2) is 14.6 Å². The summed E-state index contributed by atoms with van der Waals surface area (Å²) >= 11 is 6.06. The van der Waals surface area contributed by atoms with Gasteiger partial charge in [0, 0.05) is 24.5 Å². The van der Waals surface area contributed by atoms with Gasteiger partial charge in [-0.05, 0) is 37.3 Å². The van der Waals surface area contributed by atoms with Gasteiger partial charge in [0.1, 0.15) is 5.65 Å². The molecule has 5 nitrogen and oxygen atoms in total. The lowest BCUT2D eigenvalue weighted by Gasteiger charge is -2.06. The third-order valence-electron chi connectivity index (χ3n) is 3.91. The lowest BCUT2D eigenvalue weighted by atomic mass is 10.2. The topological polar surface area (TPSA) is 48.0 Å². The van der Waals surface area contributed by atoms with Crippen molar-refractivity contribution in [3.8, 4) is 5.82 Å². The number of rotatable bonds is 3. The van der Waals surface area contributed by atoms with Crippen molar-refractivity contribution in [2.45, 2.75) is 13.3 Å². The van der Waals surface area contributed by atoms with Gasteiger partial charge < -0.3 is 4.40 Å². The van der Waals surface area contributed by atoms with E-state index in [1.807, 2.05) is 35.7 Å². The number of hydrogen-bond acceptors (Lipinski definition) is 3. The Labute approximate surface area is 142 Å². The van der Waals surface area contributed by atoms with Crippen LogP contribution in [0.4, 0.5) is 4.39 Å². The summed E-state index contributed by atoms with van der Waals surface area (Å²) in [7, 11) is 0. The predicted molar refractivity (Wildman–Crippen MR) is 89.1 cm³/mol. The highest BCUT2D eigenvalue weighted by molar-refractivity contribution is 6.30. The molecule has 120 valence electrons. The number of aromatic nitrogens is 5. The Balaban J connectivity index is 1.75. The van der Waals surface area contributed by atoms with Crippen molar-refractivity contribution in [2.24, 2.45) is 0 Å². The molecule has 0 bridgehead atoms. The minimum absolute atomic E-state index is 0.444. The van der Waals surface area contributed by atoms with Crippen molar-refractivity contribution < 1.29 is 4.39 Å². The van der Waals surface area contributed by atoms with Gasteiger partial charge in [0.15, 0.2) is 5.82 Å². The summed E-state index contributed by atoms with van der Waals surface area (Å²) in [6, 6.07) is 10.2. The zero-order chi connectivity index (χ0) is 16.7. The molecule has 24 heavy (non-hydrogen) atoms. The van der Waals surface area contributed by atoms with E-state index >= 15 is 0 Å². The van der Waals surface area contributed by atoms with Crippen LogP contribution in [0.15, 0.2) is 48.8 Å². The minimum Gasteiger partial charge on any atom is -0.303 e. The molecule has 0 aliphatic rings. The van der Waals surface area contributed by atoms with Gasteiger partial charge in [-0.1, -0.05) is 17.7 Å². The average Bonchev–Trinajstić information content (AvgIpc) is 3.14. The maximum atomic E-state index is 13.4. The third kappa shape index (κ3) is 2.55. The third-order valence-corrected chi connectivity index (χ3v) is 4.13. The zero-order valence-electron chi connectivity index (χ0n) is 12.8. The fourth-order valence-corrected chi connectivity index (χ4v) is 2.87. The van der Waals surface area contributed by atoms with Crippen LogP contribution in [-0.2, 0) is 6.42 Å². The first-order chi connectivity index (χ1) is 11.6. The van der Waals surface area contributed by atoms with Crippen LogP contribution in [0.25, 0.3) is 11.5 Å². The molecule has 0 saturated carbocycles. The maximum Gasteiger partial charge on any atom is 0.214 e. The summed E-state index contributed by atoms with van der Waals surface area (Å²) < 4.78 is 17.0. The second kappa shape index (κ2) is 5.72. The molecule has 0 N–H and O–H groups in total. The van der Waals surface area contributed by atoms with Crippen molar-refractivity contribution in [3.63, 3.8) is 0 Å². The second-order valence-electron chi connectivity index (χ2n) is 5.45. The quantitative estimate of drug-likeness (QED) is 0.535. The number of aryl methyl sites for hydroxylation is 1. The number of nitrogens with zero attached hydrogens (tertiary/aromatic N) is 5. The van der Waals surface area contributed by atoms with E-state index in [0.29, 0.717) is 17.3 Å². The molecule has 4 heterocycles. The number of hydrogen-bond donors (Lipinski definition) is 0. The van der Waals surface area contributed by atoms with E-state index in [-0.39, 0.29) is 0 Å². The molecule has 4 aromatic rings. The van der Waals surface area contributed by atoms with Gasteiger partial charge in [0.25, 0.3) is 0 Å². The Morgan fingerprint density at radius 1 is 1.12 bits per heavy atom. The van der Waals surface area contributed by atoms with Crippen LogP contribution in [0.1, 0.15) is 17.1 Å². The molecule has 0 radical (unpaired) electrons. The fourth-order valence-electron chi connectivity index (χ4n) is 2.71. The Hall–Kier alpha value is -2.73. The SMILES string of the molecule is Cc1c(Cc2ccnn2-c2cccc(F)n2)nc2ccc(Cl)cn12. The highest BCUT2D eigenvalue weighted by atomic mass is 35.5. The second-order valence-corrected chi connectivity index (χ2v) is 5.89. The van der Waals surface area contributed by atoms with Crippen molar-refractivity contribution >= 4 is 17.2 Å². The van der Waals surface area contributed by atoms with Crippen molar-refractivity contribution in [1.82, 2.24) is 24.1 Å². The number of fused-ring (bicyclic) bond motifs is 1. The molecule has 0 saturated heterocycles. The van der Waals surface area contributed by atoms with Crippen molar-refractivity contribution in [3.05, 3.63) is 76.8 Å². The largest absolute Gasteiger partial charge is 0.303 e. The van der Waals surface area contributed by atoms with Crippen molar-refractivity contribution in [2.75, 3.05) is 0 Å². The minimum atomic E-state index is -0.535. The van der Waals surface area contributed by atoms with Crippen LogP contribution in [0.3, 0.4) is 0 Å². The van der Waals surface area contributed by atoms with Crippen LogP contribution >= 0.6 is 11.6 Å². The number of pyridine rings is 2. The zero-order valence-corrected chi connectivity index (χ0v) is 13.6. The van der Waals surface area contributed by atoms with E-state index in [0.717, 1.165) is 22.7 Å². The van der Waals surface area contributed by atoms with Crippen LogP contribution in [0, 0.1) is 12.9 Å². The first kappa shape index (κ1) is 14.8. The molecule has 0 spiro atoms. The Kier molecular flexibility index (Phi) is 3.54. The standard InChI is InChI=1S/C17H13ClFN5/c1-11-14(21-16-6-5-12(18)10-23(11)16)9-13-7-8-20-24(13)17-4-2-3-15(19)22-17/h2-8,10H,9H2,1H3. The van der Waals surface area contributed by atoms with E-state index in [9.17, 15) is 4.39 Å². The molecule has 0 unspecified atom stereocenters. The van der Waals surface area contributed by atoms with Crippen LogP contribution in [0.2, 0.25) is 5.02 Å². The lowest BCUT2D eigenvalue weighted by Crippen LogP contribution is -2.06. The molecule has 0 aliphatic heterocycles. The molecule has 0 atom stereocenters. The van der Waals surface area contributed by atoms with Gasteiger partial charge in [-0.3, -0.25) is 0 Å². The summed E-state index contributed by atoms with van der Waals surface area (Å²) in [5, 5.41) is 4.91. The van der Waals surface area contributed by atoms with E-state index in [1.165, 1.54) is 6.07 Å². The summed E-state index contributed by atoms with van der Waals surface area (Å²) in [4.78, 5) is 8.53. The number of imidazole rings is 1. The molecule has 4 rings (SSSR count). The monoisotopic (exact) mass is 341 g/mol. The first-order valence-corrected chi connectivity index (χ1v) is 7.78. The van der Waals surface area contributed by atoms with E-state index in [2.05, 4.69) is 15.1 Å². The molecular weight excluding hydrogens is 329 g/mol. The van der Waals surface area contributed by atoms with Crippen LogP contribution in [0.5, 0.6) is 0 Å². The van der Waals surface area contributed by atoms with E-state index in [1.54, 1.807) is 23.0 Å². The highest BCUT2D eigenvalue weighted by Gasteiger charge is 2.13. The average molecular weight is 342 g/mol. The molecule has 4 aromatic heterocycles. The smallest absolute Gasteiger partial charge is 0.214 e. The summed E-state index contributed by atoms with van der Waals surface area (Å²) in [5.41, 5.74) is 3.63. The van der Waals surface area contributed by atoms with E-state index in [4.69, 9.17) is 11.6 Å². The lowest BCUT2D eigenvalue weighted by molar-refractivity contribution is 0.576. The fraction of sp³-hybridized carbons (Fsp3) is 0.118. The highest BCUT2D eigenvalue weighted by Crippen LogP contribution is 2.19. The Bertz CT molecular complexity index is 1040. The Morgan fingerprint density at radius 3 is 2.83 bits per heavy atom.